The molecule has 0 spiro atoms. The number of guanidine groups is 1. The maximum absolute atomic E-state index is 12.1. The van der Waals surface area contributed by atoms with Crippen molar-refractivity contribution in [3.05, 3.63) is 0 Å². The van der Waals surface area contributed by atoms with E-state index in [-0.39, 0.29) is 5.96 Å². The SMILES string of the molecule is NC(N)=NCC1CCN(CC(F)(F)F)CC1. The Morgan fingerprint density at radius 3 is 2.25 bits per heavy atom. The summed E-state index contributed by atoms with van der Waals surface area (Å²) in [5, 5.41) is 0. The zero-order valence-electron chi connectivity index (χ0n) is 9.00. The van der Waals surface area contributed by atoms with E-state index in [4.69, 9.17) is 11.5 Å². The molecule has 1 rings (SSSR count). The third-order valence-corrected chi connectivity index (χ3v) is 2.64. The summed E-state index contributed by atoms with van der Waals surface area (Å²) >= 11 is 0. The molecule has 0 saturated carbocycles. The van der Waals surface area contributed by atoms with Crippen molar-refractivity contribution >= 4 is 5.96 Å². The number of alkyl halides is 3. The zero-order valence-corrected chi connectivity index (χ0v) is 9.00. The van der Waals surface area contributed by atoms with E-state index in [0.717, 1.165) is 0 Å². The predicted octanol–water partition coefficient (Wildman–Crippen LogP) is 0.534. The van der Waals surface area contributed by atoms with Crippen LogP contribution in [0.15, 0.2) is 4.99 Å². The Kier molecular flexibility index (Phi) is 4.40. The van der Waals surface area contributed by atoms with Gasteiger partial charge in [-0.3, -0.25) is 9.89 Å². The second-order valence-corrected chi connectivity index (χ2v) is 4.10. The lowest BCUT2D eigenvalue weighted by molar-refractivity contribution is -0.148. The summed E-state index contributed by atoms with van der Waals surface area (Å²) in [6.07, 6.45) is -2.67. The quantitative estimate of drug-likeness (QED) is 0.557. The maximum atomic E-state index is 12.1. The lowest BCUT2D eigenvalue weighted by Gasteiger charge is -2.31. The molecule has 1 aliphatic heterocycles. The van der Waals surface area contributed by atoms with Crippen molar-refractivity contribution in [1.82, 2.24) is 4.90 Å². The standard InChI is InChI=1S/C9H17F3N4/c10-9(11,12)6-16-3-1-7(2-4-16)5-15-8(13)14/h7H,1-6H2,(H4,13,14,15). The number of aliphatic imine (C=N–C) groups is 1. The average molecular weight is 238 g/mol. The van der Waals surface area contributed by atoms with E-state index in [1.165, 1.54) is 4.90 Å². The Morgan fingerprint density at radius 1 is 1.25 bits per heavy atom. The van der Waals surface area contributed by atoms with Crippen LogP contribution in [0.2, 0.25) is 0 Å². The van der Waals surface area contributed by atoms with Gasteiger partial charge in [-0.05, 0) is 31.8 Å². The van der Waals surface area contributed by atoms with Crippen molar-refractivity contribution in [1.29, 1.82) is 0 Å². The van der Waals surface area contributed by atoms with E-state index >= 15 is 0 Å². The summed E-state index contributed by atoms with van der Waals surface area (Å²) in [5.74, 6) is 0.337. The minimum Gasteiger partial charge on any atom is -0.370 e. The summed E-state index contributed by atoms with van der Waals surface area (Å²) in [7, 11) is 0. The third kappa shape index (κ3) is 5.20. The van der Waals surface area contributed by atoms with Crippen molar-refractivity contribution in [2.24, 2.45) is 22.4 Å². The molecular formula is C9H17F3N4. The normalized spacial score (nSPS) is 19.7. The molecule has 1 heterocycles. The first-order chi connectivity index (χ1) is 7.37. The van der Waals surface area contributed by atoms with Crippen LogP contribution in [0.25, 0.3) is 0 Å². The molecule has 0 amide bonds. The second-order valence-electron chi connectivity index (χ2n) is 4.10. The van der Waals surface area contributed by atoms with E-state index in [9.17, 15) is 13.2 Å². The number of nitrogens with zero attached hydrogens (tertiary/aromatic N) is 2. The van der Waals surface area contributed by atoms with Crippen molar-refractivity contribution in [3.8, 4) is 0 Å². The van der Waals surface area contributed by atoms with Gasteiger partial charge in [-0.15, -0.1) is 0 Å². The molecule has 0 unspecified atom stereocenters. The van der Waals surface area contributed by atoms with Gasteiger partial charge in [0.05, 0.1) is 6.54 Å². The molecule has 1 saturated heterocycles. The molecule has 1 fully saturated rings. The van der Waals surface area contributed by atoms with Gasteiger partial charge in [0.15, 0.2) is 5.96 Å². The molecular weight excluding hydrogens is 221 g/mol. The minimum atomic E-state index is -4.10. The molecule has 4 N–H and O–H groups in total. The smallest absolute Gasteiger partial charge is 0.370 e. The molecule has 0 radical (unpaired) electrons. The Morgan fingerprint density at radius 2 is 1.81 bits per heavy atom. The van der Waals surface area contributed by atoms with Gasteiger partial charge < -0.3 is 11.5 Å². The van der Waals surface area contributed by atoms with Gasteiger partial charge in [0.2, 0.25) is 0 Å². The van der Waals surface area contributed by atoms with E-state index in [1.807, 2.05) is 0 Å². The van der Waals surface area contributed by atoms with Gasteiger partial charge in [0.1, 0.15) is 0 Å². The summed E-state index contributed by atoms with van der Waals surface area (Å²) in [4.78, 5) is 5.30. The Bertz CT molecular complexity index is 240. The average Bonchev–Trinajstić information content (AvgIpc) is 2.14. The van der Waals surface area contributed by atoms with Crippen LogP contribution < -0.4 is 11.5 Å². The fourth-order valence-electron chi connectivity index (χ4n) is 1.82. The molecule has 0 aliphatic carbocycles. The van der Waals surface area contributed by atoms with E-state index in [0.29, 0.717) is 38.4 Å². The summed E-state index contributed by atoms with van der Waals surface area (Å²) in [6.45, 7) is 0.624. The highest BCUT2D eigenvalue weighted by molar-refractivity contribution is 5.75. The first kappa shape index (κ1) is 13.1. The van der Waals surface area contributed by atoms with Gasteiger partial charge in [-0.2, -0.15) is 13.2 Å². The van der Waals surface area contributed by atoms with Crippen LogP contribution in [-0.4, -0.2) is 43.2 Å². The van der Waals surface area contributed by atoms with Crippen LogP contribution in [0.1, 0.15) is 12.8 Å². The number of halogens is 3. The molecule has 0 aromatic heterocycles. The van der Waals surface area contributed by atoms with Crippen LogP contribution in [0.3, 0.4) is 0 Å². The molecule has 94 valence electrons. The van der Waals surface area contributed by atoms with Crippen molar-refractivity contribution < 1.29 is 13.2 Å². The molecule has 0 aromatic rings. The topological polar surface area (TPSA) is 67.6 Å². The van der Waals surface area contributed by atoms with Gasteiger partial charge in [-0.1, -0.05) is 0 Å². The maximum Gasteiger partial charge on any atom is 0.401 e. The number of piperidine rings is 1. The Labute approximate surface area is 92.5 Å². The number of rotatable bonds is 3. The Balaban J connectivity index is 2.26. The monoisotopic (exact) mass is 238 g/mol. The second kappa shape index (κ2) is 5.38. The van der Waals surface area contributed by atoms with Gasteiger partial charge in [0, 0.05) is 6.54 Å². The van der Waals surface area contributed by atoms with E-state index in [1.54, 1.807) is 0 Å². The highest BCUT2D eigenvalue weighted by Gasteiger charge is 2.32. The van der Waals surface area contributed by atoms with Crippen molar-refractivity contribution in [3.63, 3.8) is 0 Å². The number of hydrogen-bond donors (Lipinski definition) is 2. The fraction of sp³-hybridized carbons (Fsp3) is 0.889. The van der Waals surface area contributed by atoms with Crippen LogP contribution in [0.4, 0.5) is 13.2 Å². The number of likely N-dealkylation sites (tertiary alicyclic amines) is 1. The summed E-state index contributed by atoms with van der Waals surface area (Å²) < 4.78 is 36.3. The Hall–Kier alpha value is -0.980. The first-order valence-corrected chi connectivity index (χ1v) is 5.21. The van der Waals surface area contributed by atoms with E-state index < -0.39 is 12.7 Å². The van der Waals surface area contributed by atoms with Crippen LogP contribution >= 0.6 is 0 Å². The minimum absolute atomic E-state index is 0.0396. The molecule has 0 aromatic carbocycles. The molecule has 4 nitrogen and oxygen atoms in total. The molecule has 0 bridgehead atoms. The summed E-state index contributed by atoms with van der Waals surface area (Å²) in [6, 6.07) is 0. The van der Waals surface area contributed by atoms with Gasteiger partial charge in [0.25, 0.3) is 0 Å². The molecule has 1 aliphatic rings. The zero-order chi connectivity index (χ0) is 12.2. The van der Waals surface area contributed by atoms with Crippen LogP contribution in [0.5, 0.6) is 0 Å². The summed E-state index contributed by atoms with van der Waals surface area (Å²) in [5.41, 5.74) is 10.4. The third-order valence-electron chi connectivity index (χ3n) is 2.64. The molecule has 16 heavy (non-hydrogen) atoms. The lowest BCUT2D eigenvalue weighted by Crippen LogP contribution is -2.40. The van der Waals surface area contributed by atoms with E-state index in [2.05, 4.69) is 4.99 Å². The largest absolute Gasteiger partial charge is 0.401 e. The highest BCUT2D eigenvalue weighted by atomic mass is 19.4. The lowest BCUT2D eigenvalue weighted by atomic mass is 9.97. The van der Waals surface area contributed by atoms with Crippen molar-refractivity contribution in [2.75, 3.05) is 26.2 Å². The van der Waals surface area contributed by atoms with Crippen LogP contribution in [0, 0.1) is 5.92 Å². The molecule has 7 heteroatoms. The number of nitrogens with two attached hydrogens (primary N) is 2. The highest BCUT2D eigenvalue weighted by Crippen LogP contribution is 2.22. The van der Waals surface area contributed by atoms with Crippen LogP contribution in [-0.2, 0) is 0 Å². The predicted molar refractivity (Wildman–Crippen MR) is 55.9 cm³/mol. The molecule has 0 atom stereocenters. The first-order valence-electron chi connectivity index (χ1n) is 5.21. The van der Waals surface area contributed by atoms with Crippen molar-refractivity contribution in [2.45, 2.75) is 19.0 Å². The fourth-order valence-corrected chi connectivity index (χ4v) is 1.82. The van der Waals surface area contributed by atoms with Gasteiger partial charge in [-0.25, -0.2) is 0 Å². The van der Waals surface area contributed by atoms with Gasteiger partial charge >= 0.3 is 6.18 Å². The number of hydrogen-bond acceptors (Lipinski definition) is 2.